The van der Waals surface area contributed by atoms with Crippen LogP contribution >= 0.6 is 9.90 Å². The molecular formula is C19H43OP. The van der Waals surface area contributed by atoms with Gasteiger partial charge in [-0.15, -0.1) is 0 Å². The highest BCUT2D eigenvalue weighted by Crippen LogP contribution is 2.34. The van der Waals surface area contributed by atoms with Crippen LogP contribution in [-0.2, 0) is 0 Å². The third-order valence-electron chi connectivity index (χ3n) is 5.08. The van der Waals surface area contributed by atoms with Crippen molar-refractivity contribution in [2.75, 3.05) is 0 Å². The minimum absolute atomic E-state index is 0. The molecule has 0 spiro atoms. The molecule has 0 aromatic rings. The van der Waals surface area contributed by atoms with E-state index >= 15 is 0 Å². The second kappa shape index (κ2) is 14.0. The Morgan fingerprint density at radius 3 is 1.38 bits per heavy atom. The van der Waals surface area contributed by atoms with Gasteiger partial charge in [-0.2, -0.15) is 9.90 Å². The van der Waals surface area contributed by atoms with Gasteiger partial charge in [-0.3, -0.25) is 0 Å². The summed E-state index contributed by atoms with van der Waals surface area (Å²) in [5.74, 6) is 1.42. The van der Waals surface area contributed by atoms with Gasteiger partial charge in [0.25, 0.3) is 0 Å². The smallest absolute Gasteiger partial charge is 0.0650 e. The molecule has 0 fully saturated rings. The zero-order valence-corrected chi connectivity index (χ0v) is 17.0. The molecule has 0 aliphatic rings. The maximum absolute atomic E-state index is 11.0. The maximum atomic E-state index is 11.0. The highest BCUT2D eigenvalue weighted by Gasteiger charge is 2.30. The molecule has 0 aromatic heterocycles. The van der Waals surface area contributed by atoms with Crippen LogP contribution in [0.25, 0.3) is 0 Å². The fourth-order valence-corrected chi connectivity index (χ4v) is 3.33. The van der Waals surface area contributed by atoms with Gasteiger partial charge in [0.05, 0.1) is 5.60 Å². The van der Waals surface area contributed by atoms with Crippen LogP contribution in [0.3, 0.4) is 0 Å². The van der Waals surface area contributed by atoms with Crippen LogP contribution in [-0.4, -0.2) is 10.7 Å². The van der Waals surface area contributed by atoms with Crippen LogP contribution in [0, 0.1) is 11.8 Å². The third kappa shape index (κ3) is 10.7. The van der Waals surface area contributed by atoms with Crippen molar-refractivity contribution in [1.29, 1.82) is 0 Å². The molecule has 0 saturated carbocycles. The molecule has 21 heavy (non-hydrogen) atoms. The summed E-state index contributed by atoms with van der Waals surface area (Å²) < 4.78 is 0. The highest BCUT2D eigenvalue weighted by molar-refractivity contribution is 6.92. The lowest BCUT2D eigenvalue weighted by molar-refractivity contribution is -0.0143. The van der Waals surface area contributed by atoms with Crippen LogP contribution in [0.5, 0.6) is 0 Å². The van der Waals surface area contributed by atoms with Gasteiger partial charge in [0.2, 0.25) is 0 Å². The maximum Gasteiger partial charge on any atom is 0.0650 e. The van der Waals surface area contributed by atoms with Gasteiger partial charge >= 0.3 is 0 Å². The number of aliphatic hydroxyl groups is 1. The first kappa shape index (κ1) is 23.7. The number of unbranched alkanes of at least 4 members (excludes halogenated alkanes) is 2. The Morgan fingerprint density at radius 1 is 0.762 bits per heavy atom. The second-order valence-corrected chi connectivity index (χ2v) is 6.82. The van der Waals surface area contributed by atoms with Crippen molar-refractivity contribution in [3.8, 4) is 0 Å². The van der Waals surface area contributed by atoms with E-state index in [1.54, 1.807) is 0 Å². The van der Waals surface area contributed by atoms with Crippen molar-refractivity contribution in [1.82, 2.24) is 0 Å². The monoisotopic (exact) mass is 318 g/mol. The summed E-state index contributed by atoms with van der Waals surface area (Å²) >= 11 is 0. The fraction of sp³-hybridized carbons (Fsp3) is 1.00. The van der Waals surface area contributed by atoms with Crippen molar-refractivity contribution in [3.63, 3.8) is 0 Å². The molecule has 0 aliphatic heterocycles. The summed E-state index contributed by atoms with van der Waals surface area (Å²) in [5.41, 5.74) is -0.414. The molecule has 0 aromatic carbocycles. The molecule has 0 radical (unpaired) electrons. The average molecular weight is 319 g/mol. The first-order valence-electron chi connectivity index (χ1n) is 9.27. The lowest BCUT2D eigenvalue weighted by Gasteiger charge is -2.34. The average Bonchev–Trinajstić information content (AvgIpc) is 2.47. The molecule has 0 aliphatic carbocycles. The van der Waals surface area contributed by atoms with Gasteiger partial charge in [-0.05, 0) is 31.1 Å². The minimum atomic E-state index is -0.414. The molecule has 1 N–H and O–H groups in total. The first-order chi connectivity index (χ1) is 9.55. The summed E-state index contributed by atoms with van der Waals surface area (Å²) in [7, 11) is 0. The van der Waals surface area contributed by atoms with Crippen LogP contribution in [0.2, 0.25) is 0 Å². The van der Waals surface area contributed by atoms with Gasteiger partial charge in [0, 0.05) is 0 Å². The Labute approximate surface area is 138 Å². The van der Waals surface area contributed by atoms with Crippen LogP contribution < -0.4 is 0 Å². The van der Waals surface area contributed by atoms with E-state index in [9.17, 15) is 5.11 Å². The normalized spacial score (nSPS) is 16.9. The van der Waals surface area contributed by atoms with E-state index in [0.29, 0.717) is 11.8 Å². The van der Waals surface area contributed by atoms with E-state index in [1.165, 1.54) is 51.4 Å². The predicted molar refractivity (Wildman–Crippen MR) is 102 cm³/mol. The van der Waals surface area contributed by atoms with E-state index in [4.69, 9.17) is 0 Å². The summed E-state index contributed by atoms with van der Waals surface area (Å²) in [6, 6.07) is 0. The lowest BCUT2D eigenvalue weighted by atomic mass is 9.77. The Balaban J connectivity index is 0. The van der Waals surface area contributed by atoms with Gasteiger partial charge in [0.15, 0.2) is 0 Å². The molecule has 130 valence electrons. The standard InChI is InChI=1S/C19H40O.H3P/c1-6-11-13-17(8-3)15-19(20,10-5)16-18(9-4)14-12-7-2;/h17-18,20H,6-16H2,1-5H3;1H3. The summed E-state index contributed by atoms with van der Waals surface area (Å²) in [5, 5.41) is 11.0. The van der Waals surface area contributed by atoms with Crippen molar-refractivity contribution >= 4 is 9.90 Å². The molecule has 0 saturated heterocycles. The Bertz CT molecular complexity index is 200. The second-order valence-electron chi connectivity index (χ2n) is 6.82. The van der Waals surface area contributed by atoms with Crippen LogP contribution in [0.4, 0.5) is 0 Å². The molecule has 0 rings (SSSR count). The summed E-state index contributed by atoms with van der Waals surface area (Å²) in [6.07, 6.45) is 13.1. The van der Waals surface area contributed by atoms with Crippen molar-refractivity contribution < 1.29 is 5.11 Å². The van der Waals surface area contributed by atoms with Crippen molar-refractivity contribution in [2.24, 2.45) is 11.8 Å². The Kier molecular flexibility index (Phi) is 15.8. The molecule has 3 unspecified atom stereocenters. The van der Waals surface area contributed by atoms with Crippen LogP contribution in [0.15, 0.2) is 0 Å². The van der Waals surface area contributed by atoms with Gasteiger partial charge < -0.3 is 5.11 Å². The SMILES string of the molecule is CCCCC(CC)CC(O)(CC)CC(CC)CCCC.P. The van der Waals surface area contributed by atoms with Gasteiger partial charge in [-0.25, -0.2) is 0 Å². The summed E-state index contributed by atoms with van der Waals surface area (Å²) in [6.45, 7) is 11.3. The topological polar surface area (TPSA) is 20.2 Å². The Morgan fingerprint density at radius 2 is 1.14 bits per heavy atom. The van der Waals surface area contributed by atoms with E-state index in [0.717, 1.165) is 19.3 Å². The van der Waals surface area contributed by atoms with Gasteiger partial charge in [-0.1, -0.05) is 86.0 Å². The lowest BCUT2D eigenvalue weighted by Crippen LogP contribution is -2.33. The van der Waals surface area contributed by atoms with Crippen LogP contribution in [0.1, 0.15) is 105 Å². The minimum Gasteiger partial charge on any atom is -0.390 e. The first-order valence-corrected chi connectivity index (χ1v) is 9.27. The molecule has 2 heteroatoms. The van der Waals surface area contributed by atoms with Gasteiger partial charge in [0.1, 0.15) is 0 Å². The molecular weight excluding hydrogens is 275 g/mol. The number of hydrogen-bond acceptors (Lipinski definition) is 1. The van der Waals surface area contributed by atoms with E-state index in [2.05, 4.69) is 34.6 Å². The molecule has 0 bridgehead atoms. The number of rotatable bonds is 13. The zero-order chi connectivity index (χ0) is 15.4. The largest absolute Gasteiger partial charge is 0.390 e. The molecule has 0 heterocycles. The van der Waals surface area contributed by atoms with E-state index < -0.39 is 5.60 Å². The van der Waals surface area contributed by atoms with Crippen molar-refractivity contribution in [3.05, 3.63) is 0 Å². The third-order valence-corrected chi connectivity index (χ3v) is 5.08. The van der Waals surface area contributed by atoms with E-state index in [-0.39, 0.29) is 9.90 Å². The van der Waals surface area contributed by atoms with E-state index in [1.807, 2.05) is 0 Å². The zero-order valence-electron chi connectivity index (χ0n) is 15.6. The predicted octanol–water partition coefficient (Wildman–Crippen LogP) is 6.40. The molecule has 1 nitrogen and oxygen atoms in total. The highest BCUT2D eigenvalue weighted by atomic mass is 31.0. The molecule has 0 amide bonds. The summed E-state index contributed by atoms with van der Waals surface area (Å²) in [4.78, 5) is 0. The van der Waals surface area contributed by atoms with Crippen molar-refractivity contribution in [2.45, 2.75) is 111 Å². The fourth-order valence-electron chi connectivity index (χ4n) is 3.33. The quantitative estimate of drug-likeness (QED) is 0.390. The number of hydrogen-bond donors (Lipinski definition) is 1. The Hall–Kier alpha value is 0.390. The molecule has 3 atom stereocenters.